The van der Waals surface area contributed by atoms with Crippen LogP contribution in [0.1, 0.15) is 38.7 Å². The largest absolute Gasteiger partial charge is 0.502 e. The van der Waals surface area contributed by atoms with Gasteiger partial charge in [0.2, 0.25) is 0 Å². The lowest BCUT2D eigenvalue weighted by atomic mass is 9.80. The molecule has 110 valence electrons. The predicted octanol–water partition coefficient (Wildman–Crippen LogP) is 2.92. The molecule has 0 unspecified atom stereocenters. The lowest BCUT2D eigenvalue weighted by Crippen LogP contribution is -2.18. The Balaban J connectivity index is 2.84. The first-order valence-corrected chi connectivity index (χ1v) is 6.32. The normalized spacial score (nSPS) is 11.2. The van der Waals surface area contributed by atoms with Crippen LogP contribution in [0.25, 0.3) is 0 Å². The van der Waals surface area contributed by atoms with Gasteiger partial charge in [0.25, 0.3) is 0 Å². The van der Waals surface area contributed by atoms with Crippen LogP contribution in [0.4, 0.5) is 5.69 Å². The number of ether oxygens (including phenoxy) is 1. The summed E-state index contributed by atoms with van der Waals surface area (Å²) < 4.78 is 4.58. The average molecular weight is 281 g/mol. The van der Waals surface area contributed by atoms with Gasteiger partial charge in [-0.25, -0.2) is 0 Å². The fraction of sp³-hybridized carbons (Fsp3) is 0.500. The lowest BCUT2D eigenvalue weighted by molar-refractivity contribution is -0.386. The maximum absolute atomic E-state index is 11.1. The standard InChI is InChI=1S/C14H19NO5/c1-14(2,8-4-5-13(17)20-3)10-6-7-12(16)11(9-10)15(18)19/h6-7,9,16H,4-5,8H2,1-3H3. The second-order valence-corrected chi connectivity index (χ2v) is 5.27. The van der Waals surface area contributed by atoms with Crippen LogP contribution in [-0.2, 0) is 14.9 Å². The Morgan fingerprint density at radius 1 is 1.45 bits per heavy atom. The zero-order valence-electron chi connectivity index (χ0n) is 11.9. The number of hydrogen-bond acceptors (Lipinski definition) is 5. The molecule has 0 bridgehead atoms. The number of carbonyl (C=O) groups is 1. The van der Waals surface area contributed by atoms with Crippen LogP contribution in [-0.4, -0.2) is 23.1 Å². The van der Waals surface area contributed by atoms with Crippen LogP contribution in [0.15, 0.2) is 18.2 Å². The minimum atomic E-state index is -0.608. The quantitative estimate of drug-likeness (QED) is 0.492. The van der Waals surface area contributed by atoms with Crippen LogP contribution in [0, 0.1) is 10.1 Å². The highest BCUT2D eigenvalue weighted by atomic mass is 16.6. The number of phenolic OH excluding ortho intramolecular Hbond substituents is 1. The van der Waals surface area contributed by atoms with Crippen LogP contribution < -0.4 is 0 Å². The van der Waals surface area contributed by atoms with E-state index in [1.807, 2.05) is 13.8 Å². The number of aromatic hydroxyl groups is 1. The first kappa shape index (κ1) is 15.9. The van der Waals surface area contributed by atoms with Crippen molar-refractivity contribution in [2.75, 3.05) is 7.11 Å². The molecule has 0 aliphatic heterocycles. The topological polar surface area (TPSA) is 89.7 Å². The second-order valence-electron chi connectivity index (χ2n) is 5.27. The van der Waals surface area contributed by atoms with Crippen molar-refractivity contribution in [2.24, 2.45) is 0 Å². The van der Waals surface area contributed by atoms with Crippen molar-refractivity contribution in [1.29, 1.82) is 0 Å². The summed E-state index contributed by atoms with van der Waals surface area (Å²) in [5, 5.41) is 20.3. The van der Waals surface area contributed by atoms with Crippen molar-refractivity contribution >= 4 is 11.7 Å². The molecule has 0 aromatic heterocycles. The van der Waals surface area contributed by atoms with Crippen molar-refractivity contribution in [1.82, 2.24) is 0 Å². The number of nitro benzene ring substituents is 1. The van der Waals surface area contributed by atoms with E-state index in [-0.39, 0.29) is 22.8 Å². The van der Waals surface area contributed by atoms with E-state index in [1.165, 1.54) is 19.2 Å². The Morgan fingerprint density at radius 2 is 2.10 bits per heavy atom. The second kappa shape index (κ2) is 6.36. The van der Waals surface area contributed by atoms with Gasteiger partial charge < -0.3 is 9.84 Å². The third kappa shape index (κ3) is 3.94. The van der Waals surface area contributed by atoms with Gasteiger partial charge in [0.15, 0.2) is 5.75 Å². The molecule has 0 heterocycles. The predicted molar refractivity (Wildman–Crippen MR) is 73.7 cm³/mol. The number of methoxy groups -OCH3 is 1. The summed E-state index contributed by atoms with van der Waals surface area (Å²) in [4.78, 5) is 21.3. The van der Waals surface area contributed by atoms with Gasteiger partial charge in [0, 0.05) is 12.5 Å². The van der Waals surface area contributed by atoms with Crippen LogP contribution in [0.2, 0.25) is 0 Å². The number of esters is 1. The number of nitrogens with zero attached hydrogens (tertiary/aromatic N) is 1. The van der Waals surface area contributed by atoms with E-state index in [9.17, 15) is 20.0 Å². The SMILES string of the molecule is COC(=O)CCCC(C)(C)c1ccc(O)c([N+](=O)[O-])c1. The third-order valence-electron chi connectivity index (χ3n) is 3.36. The van der Waals surface area contributed by atoms with Crippen LogP contribution in [0.3, 0.4) is 0 Å². The number of benzene rings is 1. The molecule has 6 heteroatoms. The Bertz CT molecular complexity index is 510. The molecule has 1 aromatic carbocycles. The highest BCUT2D eigenvalue weighted by molar-refractivity contribution is 5.69. The van der Waals surface area contributed by atoms with E-state index in [2.05, 4.69) is 4.74 Å². The van der Waals surface area contributed by atoms with E-state index in [1.54, 1.807) is 6.07 Å². The Morgan fingerprint density at radius 3 is 2.65 bits per heavy atom. The molecule has 6 nitrogen and oxygen atoms in total. The van der Waals surface area contributed by atoms with Gasteiger partial charge in [0.05, 0.1) is 12.0 Å². The zero-order valence-corrected chi connectivity index (χ0v) is 11.9. The summed E-state index contributed by atoms with van der Waals surface area (Å²) >= 11 is 0. The van der Waals surface area contributed by atoms with Gasteiger partial charge in [-0.2, -0.15) is 0 Å². The van der Waals surface area contributed by atoms with Gasteiger partial charge in [-0.3, -0.25) is 14.9 Å². The molecular weight excluding hydrogens is 262 g/mol. The summed E-state index contributed by atoms with van der Waals surface area (Å²) in [7, 11) is 1.34. The molecule has 0 amide bonds. The minimum absolute atomic E-state index is 0.266. The lowest BCUT2D eigenvalue weighted by Gasteiger charge is -2.25. The molecule has 1 rings (SSSR count). The molecule has 0 fully saturated rings. The Labute approximate surface area is 117 Å². The number of rotatable bonds is 6. The van der Waals surface area contributed by atoms with Crippen LogP contribution in [0.5, 0.6) is 5.75 Å². The molecule has 20 heavy (non-hydrogen) atoms. The fourth-order valence-corrected chi connectivity index (χ4v) is 2.01. The van der Waals surface area contributed by atoms with Gasteiger partial charge in [-0.1, -0.05) is 19.9 Å². The highest BCUT2D eigenvalue weighted by Crippen LogP contribution is 2.35. The van der Waals surface area contributed by atoms with Crippen molar-refractivity contribution in [3.05, 3.63) is 33.9 Å². The molecule has 0 radical (unpaired) electrons. The molecule has 0 saturated heterocycles. The van der Waals surface area contributed by atoms with E-state index >= 15 is 0 Å². The maximum atomic E-state index is 11.1. The van der Waals surface area contributed by atoms with Crippen molar-refractivity contribution in [3.8, 4) is 5.75 Å². The average Bonchev–Trinajstić information content (AvgIpc) is 2.38. The summed E-state index contributed by atoms with van der Waals surface area (Å²) in [5.74, 6) is -0.610. The number of carbonyl (C=O) groups excluding carboxylic acids is 1. The molecule has 0 saturated carbocycles. The Kier molecular flexibility index (Phi) is 5.07. The fourth-order valence-electron chi connectivity index (χ4n) is 2.01. The summed E-state index contributed by atoms with van der Waals surface area (Å²) in [6.07, 6.45) is 1.64. The van der Waals surface area contributed by atoms with Gasteiger partial charge in [-0.15, -0.1) is 0 Å². The van der Waals surface area contributed by atoms with Gasteiger partial charge >= 0.3 is 11.7 Å². The maximum Gasteiger partial charge on any atom is 0.310 e. The number of hydrogen-bond donors (Lipinski definition) is 1. The molecule has 1 aromatic rings. The molecule has 1 N–H and O–H groups in total. The van der Waals surface area contributed by atoms with E-state index in [0.717, 1.165) is 5.56 Å². The van der Waals surface area contributed by atoms with Crippen molar-refractivity contribution < 1.29 is 19.6 Å². The van der Waals surface area contributed by atoms with E-state index < -0.39 is 4.92 Å². The molecular formula is C14H19NO5. The molecule has 0 aliphatic rings. The minimum Gasteiger partial charge on any atom is -0.502 e. The molecule has 0 aliphatic carbocycles. The summed E-state index contributed by atoms with van der Waals surface area (Å²) in [5.41, 5.74) is 0.127. The molecule has 0 spiro atoms. The van der Waals surface area contributed by atoms with Gasteiger partial charge in [-0.05, 0) is 29.9 Å². The van der Waals surface area contributed by atoms with Gasteiger partial charge in [0.1, 0.15) is 0 Å². The Hall–Kier alpha value is -2.11. The third-order valence-corrected chi connectivity index (χ3v) is 3.36. The summed E-state index contributed by atoms with van der Waals surface area (Å²) in [6.45, 7) is 3.89. The number of nitro groups is 1. The number of phenols is 1. The monoisotopic (exact) mass is 281 g/mol. The molecule has 0 atom stereocenters. The summed E-state index contributed by atoms with van der Waals surface area (Å²) in [6, 6.07) is 4.38. The smallest absolute Gasteiger partial charge is 0.310 e. The van der Waals surface area contributed by atoms with Crippen molar-refractivity contribution in [2.45, 2.75) is 38.5 Å². The first-order chi connectivity index (χ1) is 9.27. The zero-order chi connectivity index (χ0) is 15.3. The first-order valence-electron chi connectivity index (χ1n) is 6.32. The van der Waals surface area contributed by atoms with Crippen LogP contribution >= 0.6 is 0 Å². The highest BCUT2D eigenvalue weighted by Gasteiger charge is 2.24. The van der Waals surface area contributed by atoms with E-state index in [4.69, 9.17) is 0 Å². The van der Waals surface area contributed by atoms with Crippen molar-refractivity contribution in [3.63, 3.8) is 0 Å². The van der Waals surface area contributed by atoms with E-state index in [0.29, 0.717) is 19.3 Å².